The Kier molecular flexibility index (Phi) is 4.49. The number of rotatable bonds is 3. The molecule has 0 amide bonds. The van der Waals surface area contributed by atoms with Gasteiger partial charge in [-0.15, -0.1) is 0 Å². The standard InChI is InChI=1S/C19H19ClN6/c1-3-24(4-2)9-5-6-14-7-8-16-15(10-14)19-21-12-23-26(19)11-17-18(20)22-13-25(16)17/h7-8,10,12-13H,3-4,9,11H2,1-2H3. The molecule has 0 aliphatic carbocycles. The van der Waals surface area contributed by atoms with Gasteiger partial charge in [0.15, 0.2) is 11.0 Å². The van der Waals surface area contributed by atoms with Crippen molar-refractivity contribution in [2.75, 3.05) is 19.6 Å². The summed E-state index contributed by atoms with van der Waals surface area (Å²) >= 11 is 6.27. The zero-order valence-electron chi connectivity index (χ0n) is 14.8. The first-order valence-corrected chi connectivity index (χ1v) is 9.04. The van der Waals surface area contributed by atoms with Gasteiger partial charge in [0, 0.05) is 11.1 Å². The van der Waals surface area contributed by atoms with Crippen LogP contribution in [0, 0.1) is 11.8 Å². The Morgan fingerprint density at radius 2 is 2.08 bits per heavy atom. The Labute approximate surface area is 157 Å². The molecule has 3 aromatic rings. The number of fused-ring (bicyclic) bond motifs is 5. The SMILES string of the molecule is CCN(CC)CC#Cc1ccc2c(c1)-c1ncnn1Cc1c(Cl)ncn1-2. The summed E-state index contributed by atoms with van der Waals surface area (Å²) in [5.41, 5.74) is 3.82. The fourth-order valence-corrected chi connectivity index (χ4v) is 3.33. The Morgan fingerprint density at radius 1 is 1.23 bits per heavy atom. The maximum Gasteiger partial charge on any atom is 0.160 e. The van der Waals surface area contributed by atoms with Crippen molar-refractivity contribution >= 4 is 11.6 Å². The van der Waals surface area contributed by atoms with Gasteiger partial charge < -0.3 is 0 Å². The molecule has 132 valence electrons. The minimum Gasteiger partial charge on any atom is -0.299 e. The highest BCUT2D eigenvalue weighted by Gasteiger charge is 2.23. The van der Waals surface area contributed by atoms with E-state index in [2.05, 4.69) is 51.7 Å². The third kappa shape index (κ3) is 2.90. The Balaban J connectivity index is 1.77. The van der Waals surface area contributed by atoms with Crippen LogP contribution < -0.4 is 0 Å². The molecule has 0 saturated heterocycles. The van der Waals surface area contributed by atoms with E-state index >= 15 is 0 Å². The van der Waals surface area contributed by atoms with Crippen LogP contribution in [0.2, 0.25) is 5.15 Å². The van der Waals surface area contributed by atoms with E-state index in [0.29, 0.717) is 11.7 Å². The van der Waals surface area contributed by atoms with Crippen LogP contribution in [0.4, 0.5) is 0 Å². The highest BCUT2D eigenvalue weighted by molar-refractivity contribution is 6.30. The summed E-state index contributed by atoms with van der Waals surface area (Å²) in [7, 11) is 0. The van der Waals surface area contributed by atoms with Crippen molar-refractivity contribution < 1.29 is 0 Å². The number of halogens is 1. The zero-order valence-corrected chi connectivity index (χ0v) is 15.5. The number of imidazole rings is 1. The van der Waals surface area contributed by atoms with Crippen LogP contribution in [-0.2, 0) is 6.54 Å². The summed E-state index contributed by atoms with van der Waals surface area (Å²) in [6.45, 7) is 7.60. The lowest BCUT2D eigenvalue weighted by Crippen LogP contribution is -2.22. The number of aromatic nitrogens is 5. The molecule has 1 aromatic carbocycles. The maximum atomic E-state index is 6.27. The first-order valence-electron chi connectivity index (χ1n) is 8.66. The smallest absolute Gasteiger partial charge is 0.160 e. The van der Waals surface area contributed by atoms with Crippen LogP contribution in [0.3, 0.4) is 0 Å². The molecule has 0 fully saturated rings. The molecule has 6 nitrogen and oxygen atoms in total. The lowest BCUT2D eigenvalue weighted by Gasteiger charge is -2.13. The molecule has 7 heteroatoms. The van der Waals surface area contributed by atoms with E-state index in [1.54, 1.807) is 12.7 Å². The van der Waals surface area contributed by atoms with Crippen molar-refractivity contribution in [2.24, 2.45) is 0 Å². The van der Waals surface area contributed by atoms with Crippen molar-refractivity contribution in [3.8, 4) is 28.9 Å². The molecule has 2 aromatic heterocycles. The molecule has 0 radical (unpaired) electrons. The highest BCUT2D eigenvalue weighted by atomic mass is 35.5. The first kappa shape index (κ1) is 16.8. The second kappa shape index (κ2) is 6.94. The van der Waals surface area contributed by atoms with E-state index in [0.717, 1.165) is 48.0 Å². The molecule has 0 saturated carbocycles. The van der Waals surface area contributed by atoms with Crippen molar-refractivity contribution in [2.45, 2.75) is 20.4 Å². The van der Waals surface area contributed by atoms with Gasteiger partial charge in [-0.2, -0.15) is 5.10 Å². The number of hydrogen-bond donors (Lipinski definition) is 0. The zero-order chi connectivity index (χ0) is 18.1. The summed E-state index contributed by atoms with van der Waals surface area (Å²) in [4.78, 5) is 11.0. The second-order valence-corrected chi connectivity index (χ2v) is 6.45. The fraction of sp³-hybridized carbons (Fsp3) is 0.316. The average molecular weight is 367 g/mol. The monoisotopic (exact) mass is 366 g/mol. The molecular formula is C19H19ClN6. The number of hydrogen-bond acceptors (Lipinski definition) is 4. The molecule has 3 heterocycles. The Bertz CT molecular complexity index is 1000. The molecule has 0 bridgehead atoms. The predicted molar refractivity (Wildman–Crippen MR) is 101 cm³/mol. The topological polar surface area (TPSA) is 51.8 Å². The summed E-state index contributed by atoms with van der Waals surface area (Å²) in [6, 6.07) is 6.13. The number of nitrogens with zero attached hydrogens (tertiary/aromatic N) is 6. The van der Waals surface area contributed by atoms with Gasteiger partial charge in [-0.3, -0.25) is 9.47 Å². The summed E-state index contributed by atoms with van der Waals surface area (Å²) in [5, 5.41) is 4.82. The second-order valence-electron chi connectivity index (χ2n) is 6.09. The van der Waals surface area contributed by atoms with Gasteiger partial charge in [0.1, 0.15) is 12.7 Å². The van der Waals surface area contributed by atoms with Crippen LogP contribution in [0.5, 0.6) is 0 Å². The van der Waals surface area contributed by atoms with Crippen LogP contribution in [0.1, 0.15) is 25.1 Å². The molecule has 0 unspecified atom stereocenters. The lowest BCUT2D eigenvalue weighted by molar-refractivity contribution is 0.342. The van der Waals surface area contributed by atoms with Gasteiger partial charge in [0.25, 0.3) is 0 Å². The minimum absolute atomic E-state index is 0.488. The molecule has 0 atom stereocenters. The summed E-state index contributed by atoms with van der Waals surface area (Å²) < 4.78 is 3.85. The molecule has 1 aliphatic rings. The van der Waals surface area contributed by atoms with Gasteiger partial charge in [-0.05, 0) is 31.3 Å². The largest absolute Gasteiger partial charge is 0.299 e. The highest BCUT2D eigenvalue weighted by Crippen LogP contribution is 2.32. The van der Waals surface area contributed by atoms with E-state index in [9.17, 15) is 0 Å². The predicted octanol–water partition coefficient (Wildman–Crippen LogP) is 2.84. The molecular weight excluding hydrogens is 348 g/mol. The first-order chi connectivity index (χ1) is 12.7. The quantitative estimate of drug-likeness (QED) is 0.523. The third-order valence-electron chi connectivity index (χ3n) is 4.66. The van der Waals surface area contributed by atoms with Crippen LogP contribution >= 0.6 is 11.6 Å². The van der Waals surface area contributed by atoms with Gasteiger partial charge >= 0.3 is 0 Å². The molecule has 1 aliphatic heterocycles. The molecule has 0 N–H and O–H groups in total. The van der Waals surface area contributed by atoms with Gasteiger partial charge in [0.2, 0.25) is 0 Å². The summed E-state index contributed by atoms with van der Waals surface area (Å²) in [5.74, 6) is 7.34. The maximum absolute atomic E-state index is 6.27. The van der Waals surface area contributed by atoms with Crippen molar-refractivity contribution in [3.05, 3.63) is 47.3 Å². The average Bonchev–Trinajstić information content (AvgIpc) is 3.24. The minimum atomic E-state index is 0.488. The van der Waals surface area contributed by atoms with Crippen molar-refractivity contribution in [3.63, 3.8) is 0 Å². The lowest BCUT2D eigenvalue weighted by atomic mass is 10.1. The fourth-order valence-electron chi connectivity index (χ4n) is 3.13. The molecule has 0 spiro atoms. The van der Waals surface area contributed by atoms with Crippen LogP contribution in [0.15, 0.2) is 30.9 Å². The Morgan fingerprint density at radius 3 is 2.88 bits per heavy atom. The normalized spacial score (nSPS) is 12.0. The Hall–Kier alpha value is -2.62. The van der Waals surface area contributed by atoms with Crippen molar-refractivity contribution in [1.82, 2.24) is 29.2 Å². The van der Waals surface area contributed by atoms with Gasteiger partial charge in [-0.1, -0.05) is 37.3 Å². The van der Waals surface area contributed by atoms with Crippen LogP contribution in [0.25, 0.3) is 17.1 Å². The van der Waals surface area contributed by atoms with E-state index < -0.39 is 0 Å². The molecule has 26 heavy (non-hydrogen) atoms. The van der Waals surface area contributed by atoms with Crippen molar-refractivity contribution in [1.29, 1.82) is 0 Å². The van der Waals surface area contributed by atoms with E-state index in [1.165, 1.54) is 0 Å². The third-order valence-corrected chi connectivity index (χ3v) is 4.97. The van der Waals surface area contributed by atoms with Crippen LogP contribution in [-0.4, -0.2) is 48.8 Å². The van der Waals surface area contributed by atoms with E-state index in [4.69, 9.17) is 11.6 Å². The van der Waals surface area contributed by atoms with Gasteiger partial charge in [0.05, 0.1) is 24.5 Å². The molecule has 4 rings (SSSR count). The number of benzene rings is 1. The van der Waals surface area contributed by atoms with E-state index in [-0.39, 0.29) is 0 Å². The summed E-state index contributed by atoms with van der Waals surface area (Å²) in [6.07, 6.45) is 3.31. The van der Waals surface area contributed by atoms with Gasteiger partial charge in [-0.25, -0.2) is 14.6 Å². The van der Waals surface area contributed by atoms with E-state index in [1.807, 2.05) is 21.4 Å².